The van der Waals surface area contributed by atoms with Gasteiger partial charge in [0, 0.05) is 29.0 Å². The van der Waals surface area contributed by atoms with E-state index in [1.54, 1.807) is 6.07 Å². The van der Waals surface area contributed by atoms with E-state index >= 15 is 0 Å². The van der Waals surface area contributed by atoms with Gasteiger partial charge in [-0.05, 0) is 37.4 Å². The maximum atomic E-state index is 10.6. The van der Waals surface area contributed by atoms with Gasteiger partial charge >= 0.3 is 0 Å². The molecule has 2 aliphatic heterocycles. The first kappa shape index (κ1) is 12.0. The van der Waals surface area contributed by atoms with E-state index in [-0.39, 0.29) is 22.7 Å². The zero-order chi connectivity index (χ0) is 14.9. The Balaban J connectivity index is 1.70. The topological polar surface area (TPSA) is 52.9 Å². The van der Waals surface area contributed by atoms with E-state index in [2.05, 4.69) is 24.1 Å². The molecular formula is C18H19NO3. The Bertz CT molecular complexity index is 759. The van der Waals surface area contributed by atoms with Gasteiger partial charge in [0.2, 0.25) is 0 Å². The molecule has 22 heavy (non-hydrogen) atoms. The van der Waals surface area contributed by atoms with Crippen LogP contribution >= 0.6 is 0 Å². The van der Waals surface area contributed by atoms with E-state index in [9.17, 15) is 10.2 Å². The quantitative estimate of drug-likeness (QED) is 0.707. The second-order valence-corrected chi connectivity index (χ2v) is 7.95. The third kappa shape index (κ3) is 0.965. The van der Waals surface area contributed by atoms with Crippen molar-refractivity contribution in [1.29, 1.82) is 0 Å². The van der Waals surface area contributed by atoms with Crippen LogP contribution < -0.4 is 4.74 Å². The lowest BCUT2D eigenvalue weighted by Crippen LogP contribution is -2.66. The first-order valence-corrected chi connectivity index (χ1v) is 8.16. The standard InChI is InChI=1S/C18H19NO3/c1-19-8-17-5-4-12(21)16-18(7-17)13-9(6-10(19)15(17)18)2-3-11(20)14(13)22-16/h2-5,10,12,15-16,20-21H,6-8H2,1H3/t10?,12-,15+,16?,17?,18?/m0/s1. The molecule has 0 aromatic heterocycles. The fourth-order valence-corrected chi connectivity index (χ4v) is 6.65. The van der Waals surface area contributed by atoms with Gasteiger partial charge in [-0.3, -0.25) is 0 Å². The van der Waals surface area contributed by atoms with E-state index < -0.39 is 6.10 Å². The molecule has 0 amide bonds. The van der Waals surface area contributed by atoms with E-state index in [0.717, 1.165) is 19.4 Å². The van der Waals surface area contributed by atoms with Gasteiger partial charge in [-0.1, -0.05) is 18.2 Å². The highest BCUT2D eigenvalue weighted by Crippen LogP contribution is 2.75. The summed E-state index contributed by atoms with van der Waals surface area (Å²) in [5.74, 6) is 1.36. The van der Waals surface area contributed by atoms with Crippen molar-refractivity contribution in [2.75, 3.05) is 13.6 Å². The predicted molar refractivity (Wildman–Crippen MR) is 80.0 cm³/mol. The van der Waals surface area contributed by atoms with Crippen molar-refractivity contribution in [2.24, 2.45) is 11.3 Å². The zero-order valence-corrected chi connectivity index (χ0v) is 12.5. The number of ether oxygens (including phenoxy) is 1. The first-order chi connectivity index (χ1) is 10.6. The van der Waals surface area contributed by atoms with Gasteiger partial charge in [0.1, 0.15) is 12.2 Å². The molecule has 2 bridgehead atoms. The number of phenolic OH excluding ortho intramolecular Hbond substituents is 1. The summed E-state index contributed by atoms with van der Waals surface area (Å²) in [7, 11) is 2.22. The van der Waals surface area contributed by atoms with Crippen LogP contribution in [0.25, 0.3) is 0 Å². The largest absolute Gasteiger partial charge is 0.504 e. The Labute approximate surface area is 129 Å². The second-order valence-electron chi connectivity index (χ2n) is 7.95. The zero-order valence-electron chi connectivity index (χ0n) is 12.5. The average molecular weight is 297 g/mol. The SMILES string of the molecule is CN1CC23C=C[C@H](O)C4Oc5c(O)ccc6c5C4(C2)[C@@H]3C1C6. The van der Waals surface area contributed by atoms with E-state index in [1.165, 1.54) is 11.1 Å². The molecule has 4 unspecified atom stereocenters. The van der Waals surface area contributed by atoms with Crippen molar-refractivity contribution in [3.63, 3.8) is 0 Å². The number of likely N-dealkylation sites (tertiary alicyclic amines) is 1. The summed E-state index contributed by atoms with van der Waals surface area (Å²) in [4.78, 5) is 2.49. The summed E-state index contributed by atoms with van der Waals surface area (Å²) in [5.41, 5.74) is 2.57. The van der Waals surface area contributed by atoms with Crippen LogP contribution in [-0.2, 0) is 11.8 Å². The van der Waals surface area contributed by atoms with Gasteiger partial charge in [-0.15, -0.1) is 0 Å². The minimum Gasteiger partial charge on any atom is -0.504 e. The van der Waals surface area contributed by atoms with Crippen LogP contribution in [0, 0.1) is 11.3 Å². The van der Waals surface area contributed by atoms with E-state index in [1.807, 2.05) is 6.08 Å². The predicted octanol–water partition coefficient (Wildman–Crippen LogP) is 1.20. The number of benzene rings is 1. The van der Waals surface area contributed by atoms with Crippen molar-refractivity contribution in [3.8, 4) is 11.5 Å². The molecule has 0 radical (unpaired) electrons. The van der Waals surface area contributed by atoms with Crippen LogP contribution in [-0.4, -0.2) is 47.0 Å². The van der Waals surface area contributed by atoms with Crippen LogP contribution in [0.4, 0.5) is 0 Å². The first-order valence-electron chi connectivity index (χ1n) is 8.16. The highest BCUT2D eigenvalue weighted by Gasteiger charge is 2.78. The monoisotopic (exact) mass is 297 g/mol. The number of hydrogen-bond acceptors (Lipinski definition) is 4. The van der Waals surface area contributed by atoms with Gasteiger partial charge < -0.3 is 19.8 Å². The van der Waals surface area contributed by atoms with Crippen molar-refractivity contribution < 1.29 is 14.9 Å². The molecule has 6 rings (SSSR count). The lowest BCUT2D eigenvalue weighted by atomic mass is 9.40. The lowest BCUT2D eigenvalue weighted by molar-refractivity contribution is -0.0878. The normalized spacial score (nSPS) is 49.4. The summed E-state index contributed by atoms with van der Waals surface area (Å²) >= 11 is 0. The second kappa shape index (κ2) is 3.22. The number of aliphatic hydroxyl groups is 1. The van der Waals surface area contributed by atoms with Gasteiger partial charge in [-0.2, -0.15) is 0 Å². The van der Waals surface area contributed by atoms with Crippen LogP contribution in [0.1, 0.15) is 17.5 Å². The average Bonchev–Trinajstić information content (AvgIpc) is 2.88. The Hall–Kier alpha value is -1.52. The number of phenols is 1. The van der Waals surface area contributed by atoms with Gasteiger partial charge in [0.25, 0.3) is 0 Å². The van der Waals surface area contributed by atoms with E-state index in [4.69, 9.17) is 4.74 Å². The summed E-state index contributed by atoms with van der Waals surface area (Å²) in [5, 5.41) is 20.9. The maximum absolute atomic E-state index is 10.6. The molecular weight excluding hydrogens is 278 g/mol. The molecule has 2 heterocycles. The number of rotatable bonds is 0. The Kier molecular flexibility index (Phi) is 1.75. The Morgan fingerprint density at radius 1 is 1.36 bits per heavy atom. The third-order valence-corrected chi connectivity index (χ3v) is 7.10. The number of aliphatic hydroxyl groups excluding tert-OH is 1. The molecule has 1 saturated carbocycles. The van der Waals surface area contributed by atoms with Crippen molar-refractivity contribution in [1.82, 2.24) is 4.90 Å². The molecule has 6 atom stereocenters. The van der Waals surface area contributed by atoms with Gasteiger partial charge in [0.05, 0.1) is 0 Å². The number of likely N-dealkylation sites (N-methyl/N-ethyl adjacent to an activating group) is 1. The minimum absolute atomic E-state index is 0.111. The van der Waals surface area contributed by atoms with Crippen LogP contribution in [0.15, 0.2) is 24.3 Å². The molecule has 2 spiro atoms. The third-order valence-electron chi connectivity index (χ3n) is 7.10. The number of hydrogen-bond donors (Lipinski definition) is 2. The van der Waals surface area contributed by atoms with Crippen molar-refractivity contribution >= 4 is 0 Å². The maximum Gasteiger partial charge on any atom is 0.165 e. The summed E-state index contributed by atoms with van der Waals surface area (Å²) < 4.78 is 6.15. The highest BCUT2D eigenvalue weighted by atomic mass is 16.5. The van der Waals surface area contributed by atoms with Crippen molar-refractivity contribution in [2.45, 2.75) is 36.5 Å². The number of aromatic hydroxyl groups is 1. The van der Waals surface area contributed by atoms with E-state index in [0.29, 0.717) is 17.7 Å². The summed E-state index contributed by atoms with van der Waals surface area (Å²) in [6, 6.07) is 4.32. The Morgan fingerprint density at radius 3 is 3.09 bits per heavy atom. The molecule has 4 nitrogen and oxygen atoms in total. The van der Waals surface area contributed by atoms with Crippen molar-refractivity contribution in [3.05, 3.63) is 35.4 Å². The minimum atomic E-state index is -0.589. The van der Waals surface area contributed by atoms with Crippen LogP contribution in [0.2, 0.25) is 0 Å². The van der Waals surface area contributed by atoms with Gasteiger partial charge in [0.15, 0.2) is 11.5 Å². The summed E-state index contributed by atoms with van der Waals surface area (Å²) in [6.07, 6.45) is 5.42. The Morgan fingerprint density at radius 2 is 2.23 bits per heavy atom. The molecule has 1 saturated heterocycles. The molecule has 4 heteroatoms. The highest BCUT2D eigenvalue weighted by molar-refractivity contribution is 5.63. The lowest BCUT2D eigenvalue weighted by Gasteiger charge is -2.61. The molecule has 2 fully saturated rings. The molecule has 5 aliphatic rings. The van der Waals surface area contributed by atoms with Crippen LogP contribution in [0.5, 0.6) is 11.5 Å². The fourth-order valence-electron chi connectivity index (χ4n) is 6.65. The molecule has 114 valence electrons. The molecule has 1 aromatic rings. The molecule has 1 aromatic carbocycles. The van der Waals surface area contributed by atoms with Gasteiger partial charge in [-0.25, -0.2) is 0 Å². The molecule has 2 N–H and O–H groups in total. The number of nitrogens with zero attached hydrogens (tertiary/aromatic N) is 1. The summed E-state index contributed by atoms with van der Waals surface area (Å²) in [6.45, 7) is 1.06. The van der Waals surface area contributed by atoms with Crippen LogP contribution in [0.3, 0.4) is 0 Å². The molecule has 3 aliphatic carbocycles. The smallest absolute Gasteiger partial charge is 0.165 e. The fraction of sp³-hybridized carbons (Fsp3) is 0.556.